The Morgan fingerprint density at radius 1 is 1.67 bits per heavy atom. The minimum Gasteiger partial charge on any atom is -0.394 e. The maximum Gasteiger partial charge on any atom is 0.351 e. The quantitative estimate of drug-likeness (QED) is 0.490. The summed E-state index contributed by atoms with van der Waals surface area (Å²) in [5, 5.41) is 21.2. The number of aromatic nitrogens is 2. The monoisotopic (exact) mass is 337 g/mol. The molecule has 0 aromatic carbocycles. The van der Waals surface area contributed by atoms with Gasteiger partial charge < -0.3 is 20.7 Å². The van der Waals surface area contributed by atoms with Crippen LogP contribution in [0.1, 0.15) is 6.23 Å². The van der Waals surface area contributed by atoms with Gasteiger partial charge in [0.2, 0.25) is 0 Å². The maximum absolute atomic E-state index is 13.5. The van der Waals surface area contributed by atoms with Crippen molar-refractivity contribution in [2.24, 2.45) is 0 Å². The number of ether oxygens (including phenoxy) is 1. The van der Waals surface area contributed by atoms with E-state index in [1.54, 1.807) is 0 Å². The van der Waals surface area contributed by atoms with Crippen LogP contribution in [-0.4, -0.2) is 43.5 Å². The third-order valence-corrected chi connectivity index (χ3v) is 3.65. The van der Waals surface area contributed by atoms with E-state index in [0.717, 1.165) is 6.20 Å². The number of hydrogen-bond donors (Lipinski definition) is 3. The smallest absolute Gasteiger partial charge is 0.351 e. The van der Waals surface area contributed by atoms with Gasteiger partial charge in [0.05, 0.1) is 12.8 Å². The van der Waals surface area contributed by atoms with Crippen LogP contribution in [0.4, 0.5) is 10.2 Å². The first-order valence-electron chi connectivity index (χ1n) is 5.65. The second kappa shape index (κ2) is 5.79. The molecule has 10 heteroatoms. The van der Waals surface area contributed by atoms with Crippen molar-refractivity contribution >= 4 is 29.0 Å². The lowest BCUT2D eigenvalue weighted by molar-refractivity contribution is -0.0467. The number of hydrogen-bond acceptors (Lipinski definition) is 6. The zero-order valence-electron chi connectivity index (χ0n) is 10.3. The summed E-state index contributed by atoms with van der Waals surface area (Å²) in [6.07, 6.45) is -3.27. The van der Waals surface area contributed by atoms with E-state index in [1.165, 1.54) is 0 Å². The topological polar surface area (TPSA) is 111 Å². The summed E-state index contributed by atoms with van der Waals surface area (Å²) in [6.45, 7) is -0.588. The molecule has 7 nitrogen and oxygen atoms in total. The van der Waals surface area contributed by atoms with E-state index < -0.39 is 47.2 Å². The van der Waals surface area contributed by atoms with E-state index in [-0.39, 0.29) is 0 Å². The lowest BCUT2D eigenvalue weighted by Gasteiger charge is -2.25. The number of anilines is 1. The maximum atomic E-state index is 13.5. The highest BCUT2D eigenvalue weighted by Crippen LogP contribution is 2.42. The van der Waals surface area contributed by atoms with Crippen LogP contribution in [0.5, 0.6) is 0 Å². The minimum atomic E-state index is -1.86. The van der Waals surface area contributed by atoms with Gasteiger partial charge in [-0.1, -0.05) is 17.5 Å². The van der Waals surface area contributed by atoms with Crippen molar-refractivity contribution in [3.63, 3.8) is 0 Å². The van der Waals surface area contributed by atoms with Crippen molar-refractivity contribution in [2.75, 3.05) is 12.3 Å². The predicted molar refractivity (Wildman–Crippen MR) is 72.1 cm³/mol. The van der Waals surface area contributed by atoms with E-state index in [4.69, 9.17) is 38.8 Å². The van der Waals surface area contributed by atoms with E-state index in [9.17, 15) is 14.3 Å². The molecule has 1 aliphatic heterocycles. The molecule has 4 atom stereocenters. The summed E-state index contributed by atoms with van der Waals surface area (Å²) in [7, 11) is 0. The molecule has 0 bridgehead atoms. The summed E-state index contributed by atoms with van der Waals surface area (Å²) < 4.78 is 19.5. The van der Waals surface area contributed by atoms with Gasteiger partial charge in [-0.25, -0.2) is 9.18 Å². The van der Waals surface area contributed by atoms with Crippen molar-refractivity contribution in [1.29, 1.82) is 0 Å². The van der Waals surface area contributed by atoms with Gasteiger partial charge in [0.15, 0.2) is 22.7 Å². The minimum absolute atomic E-state index is 0.586. The van der Waals surface area contributed by atoms with Crippen LogP contribution in [0.3, 0.4) is 0 Å². The van der Waals surface area contributed by atoms with Crippen LogP contribution in [0.25, 0.3) is 0 Å². The van der Waals surface area contributed by atoms with Crippen molar-refractivity contribution in [3.8, 4) is 11.3 Å². The Labute approximate surface area is 128 Å². The number of nitrogens with two attached hydrogens (primary N) is 1. The summed E-state index contributed by atoms with van der Waals surface area (Å²) >= 11 is 11.5. The second-order valence-electron chi connectivity index (χ2n) is 4.31. The van der Waals surface area contributed by atoms with E-state index in [1.807, 2.05) is 5.38 Å². The molecule has 0 amide bonds. The molecule has 114 valence electrons. The Morgan fingerprint density at radius 2 is 2.33 bits per heavy atom. The normalized spacial score (nSPS) is 31.8. The molecule has 0 spiro atoms. The van der Waals surface area contributed by atoms with E-state index >= 15 is 0 Å². The number of aliphatic hydroxyl groups is 2. The Morgan fingerprint density at radius 3 is 2.90 bits per heavy atom. The lowest BCUT2D eigenvalue weighted by atomic mass is 9.99. The van der Waals surface area contributed by atoms with Gasteiger partial charge >= 0.3 is 5.69 Å². The molecule has 4 N–H and O–H groups in total. The molecule has 0 aliphatic carbocycles. The SMILES string of the molecule is Nc1nc(=O)n([C@@H]2O[C@H](CO)[C@H](O)C2(Cl)C#CCl)cc1F. The van der Waals surface area contributed by atoms with Crippen molar-refractivity contribution in [3.05, 3.63) is 22.5 Å². The molecule has 1 unspecified atom stereocenters. The molecular weight excluding hydrogens is 328 g/mol. The average molecular weight is 338 g/mol. The van der Waals surface area contributed by atoms with Crippen molar-refractivity contribution < 1.29 is 19.3 Å². The average Bonchev–Trinajstić information content (AvgIpc) is 2.67. The summed E-state index contributed by atoms with van der Waals surface area (Å²) in [6, 6.07) is 0. The Hall–Kier alpha value is -1.37. The van der Waals surface area contributed by atoms with Crippen LogP contribution in [-0.2, 0) is 4.74 Å². The van der Waals surface area contributed by atoms with Gasteiger partial charge in [-0.05, 0) is 11.6 Å². The highest BCUT2D eigenvalue weighted by Gasteiger charge is 2.56. The van der Waals surface area contributed by atoms with Gasteiger partial charge in [0.1, 0.15) is 12.2 Å². The Kier molecular flexibility index (Phi) is 4.41. The zero-order valence-corrected chi connectivity index (χ0v) is 11.8. The molecule has 1 saturated heterocycles. The first-order valence-corrected chi connectivity index (χ1v) is 6.41. The molecule has 1 aromatic heterocycles. The number of alkyl halides is 1. The summed E-state index contributed by atoms with van der Waals surface area (Å²) in [5.74, 6) is 0.738. The molecule has 2 heterocycles. The highest BCUT2D eigenvalue weighted by molar-refractivity contribution is 6.32. The molecule has 1 aliphatic rings. The van der Waals surface area contributed by atoms with Gasteiger partial charge in [0, 0.05) is 5.38 Å². The first-order chi connectivity index (χ1) is 9.85. The van der Waals surface area contributed by atoms with Crippen LogP contribution in [0.2, 0.25) is 0 Å². The largest absolute Gasteiger partial charge is 0.394 e. The van der Waals surface area contributed by atoms with Crippen LogP contribution in [0.15, 0.2) is 11.0 Å². The first kappa shape index (κ1) is 16.0. The second-order valence-corrected chi connectivity index (χ2v) is 5.12. The predicted octanol–water partition coefficient (Wildman–Crippen LogP) is -0.607. The van der Waals surface area contributed by atoms with Crippen LogP contribution >= 0.6 is 23.2 Å². The summed E-state index contributed by atoms with van der Waals surface area (Å²) in [5.41, 5.74) is 4.23. The number of halogens is 3. The Balaban J connectivity index is 2.58. The molecule has 2 rings (SSSR count). The third kappa shape index (κ3) is 2.59. The fourth-order valence-electron chi connectivity index (χ4n) is 2.00. The van der Waals surface area contributed by atoms with Gasteiger partial charge in [-0.3, -0.25) is 4.57 Å². The van der Waals surface area contributed by atoms with Gasteiger partial charge in [-0.2, -0.15) is 4.98 Å². The Bertz CT molecular complexity index is 674. The molecule has 1 aromatic rings. The number of nitrogen functional groups attached to an aromatic ring is 1. The fraction of sp³-hybridized carbons (Fsp3) is 0.455. The van der Waals surface area contributed by atoms with Gasteiger partial charge in [-0.15, -0.1) is 0 Å². The molecule has 21 heavy (non-hydrogen) atoms. The molecule has 0 saturated carbocycles. The molecule has 1 fully saturated rings. The molecular formula is C11H10Cl2FN3O4. The third-order valence-electron chi connectivity index (χ3n) is 3.05. The standard InChI is InChI=1S/C11H10Cl2FN3O4/c12-2-1-11(13)7(19)6(4-18)21-9(11)17-3-5(14)8(15)16-10(17)20/h3,6-7,9,18-19H,4H2,(H2,15,16,20)/t6-,7+,9-,11?/m1/s1. The van der Waals surface area contributed by atoms with Crippen molar-refractivity contribution in [1.82, 2.24) is 9.55 Å². The van der Waals surface area contributed by atoms with E-state index in [0.29, 0.717) is 4.57 Å². The molecule has 0 radical (unpaired) electrons. The van der Waals surface area contributed by atoms with Crippen molar-refractivity contribution in [2.45, 2.75) is 23.3 Å². The van der Waals surface area contributed by atoms with E-state index in [2.05, 4.69) is 10.9 Å². The number of rotatable bonds is 2. The van der Waals surface area contributed by atoms with Crippen LogP contribution in [0, 0.1) is 17.1 Å². The zero-order chi connectivity index (χ0) is 15.8. The lowest BCUT2D eigenvalue weighted by Crippen LogP contribution is -2.43. The number of aliphatic hydroxyl groups excluding tert-OH is 2. The van der Waals surface area contributed by atoms with Crippen LogP contribution < -0.4 is 11.4 Å². The highest BCUT2D eigenvalue weighted by atomic mass is 35.5. The summed E-state index contributed by atoms with van der Waals surface area (Å²) in [4.78, 5) is 13.2. The number of nitrogens with zero attached hydrogens (tertiary/aromatic N) is 2. The fourth-order valence-corrected chi connectivity index (χ4v) is 2.55. The van der Waals surface area contributed by atoms with Gasteiger partial charge in [0.25, 0.3) is 0 Å².